The van der Waals surface area contributed by atoms with Gasteiger partial charge in [-0.05, 0) is 42.2 Å². The number of amides is 1. The van der Waals surface area contributed by atoms with Gasteiger partial charge in [-0.3, -0.25) is 0 Å². The number of alkyl halides is 1. The van der Waals surface area contributed by atoms with E-state index >= 15 is 0 Å². The molecule has 1 aromatic heterocycles. The number of rotatable bonds is 12. The molecular weight excluding hydrogens is 468 g/mol. The summed E-state index contributed by atoms with van der Waals surface area (Å²) in [5.74, 6) is 2.22. The van der Waals surface area contributed by atoms with Crippen LogP contribution >= 0.6 is 11.6 Å². The van der Waals surface area contributed by atoms with E-state index in [1.54, 1.807) is 20.3 Å². The van der Waals surface area contributed by atoms with Gasteiger partial charge in [0.05, 0.1) is 32.6 Å². The molecule has 0 fully saturated rings. The van der Waals surface area contributed by atoms with Crippen LogP contribution in [0.1, 0.15) is 24.0 Å². The van der Waals surface area contributed by atoms with Gasteiger partial charge in [0.2, 0.25) is 0 Å². The molecule has 9 heteroatoms. The van der Waals surface area contributed by atoms with Crippen molar-refractivity contribution < 1.29 is 19.0 Å². The molecule has 0 spiro atoms. The Labute approximate surface area is 210 Å². The lowest BCUT2D eigenvalue weighted by Gasteiger charge is -2.15. The fourth-order valence-electron chi connectivity index (χ4n) is 3.36. The summed E-state index contributed by atoms with van der Waals surface area (Å²) < 4.78 is 18.0. The molecule has 0 unspecified atom stereocenters. The maximum atomic E-state index is 12.6. The summed E-state index contributed by atoms with van der Waals surface area (Å²) in [5.41, 5.74) is 2.86. The highest BCUT2D eigenvalue weighted by Crippen LogP contribution is 2.37. The summed E-state index contributed by atoms with van der Waals surface area (Å²) in [6.07, 6.45) is 9.14. The zero-order valence-corrected chi connectivity index (χ0v) is 20.6. The molecule has 3 rings (SSSR count). The van der Waals surface area contributed by atoms with Crippen molar-refractivity contribution in [2.45, 2.75) is 12.8 Å². The fraction of sp³-hybridized carbons (Fsp3) is 0.269. The van der Waals surface area contributed by atoms with E-state index in [2.05, 4.69) is 22.2 Å². The second-order valence-corrected chi connectivity index (χ2v) is 7.81. The molecule has 0 aliphatic heterocycles. The highest BCUT2D eigenvalue weighted by atomic mass is 35.5. The first-order valence-electron chi connectivity index (χ1n) is 11.1. The van der Waals surface area contributed by atoms with Crippen LogP contribution in [0.25, 0.3) is 23.4 Å². The normalized spacial score (nSPS) is 10.8. The minimum Gasteiger partial charge on any atom is -0.497 e. The maximum absolute atomic E-state index is 12.6. The van der Waals surface area contributed by atoms with Gasteiger partial charge >= 0.3 is 6.03 Å². The Bertz CT molecular complexity index is 1160. The smallest absolute Gasteiger partial charge is 0.344 e. The van der Waals surface area contributed by atoms with Gasteiger partial charge in [0.25, 0.3) is 0 Å². The van der Waals surface area contributed by atoms with Crippen LogP contribution in [0.2, 0.25) is 0 Å². The molecule has 184 valence electrons. The van der Waals surface area contributed by atoms with E-state index in [0.717, 1.165) is 29.7 Å². The Morgan fingerprint density at radius 2 is 1.94 bits per heavy atom. The van der Waals surface area contributed by atoms with Gasteiger partial charge in [0, 0.05) is 18.5 Å². The molecule has 3 aromatic rings. The summed E-state index contributed by atoms with van der Waals surface area (Å²) in [5, 5.41) is 10.6. The minimum absolute atomic E-state index is 0.286. The minimum atomic E-state index is -0.436. The predicted molar refractivity (Wildman–Crippen MR) is 138 cm³/mol. The highest BCUT2D eigenvalue weighted by molar-refractivity contribution is 6.18. The molecule has 35 heavy (non-hydrogen) atoms. The van der Waals surface area contributed by atoms with Crippen molar-refractivity contribution in [3.8, 4) is 28.5 Å². The third kappa shape index (κ3) is 6.86. The number of methoxy groups -OCH3 is 2. The van der Waals surface area contributed by atoms with Crippen LogP contribution < -0.4 is 19.5 Å². The van der Waals surface area contributed by atoms with Crippen molar-refractivity contribution in [1.82, 2.24) is 20.3 Å². The van der Waals surface area contributed by atoms with Crippen molar-refractivity contribution in [3.05, 3.63) is 66.4 Å². The number of halogens is 1. The first-order chi connectivity index (χ1) is 17.1. The Morgan fingerprint density at radius 1 is 1.14 bits per heavy atom. The lowest BCUT2D eigenvalue weighted by atomic mass is 10.0. The molecule has 0 aliphatic carbocycles. The van der Waals surface area contributed by atoms with Gasteiger partial charge in [-0.25, -0.2) is 4.79 Å². The third-order valence-electron chi connectivity index (χ3n) is 5.09. The van der Waals surface area contributed by atoms with Crippen LogP contribution in [0.5, 0.6) is 17.2 Å². The molecule has 0 radical (unpaired) electrons. The van der Waals surface area contributed by atoms with Gasteiger partial charge in [-0.15, -0.1) is 23.3 Å². The molecule has 0 bridgehead atoms. The van der Waals surface area contributed by atoms with Crippen LogP contribution in [-0.2, 0) is 0 Å². The molecule has 8 nitrogen and oxygen atoms in total. The molecule has 0 aliphatic rings. The number of hydrogen-bond donors (Lipinski definition) is 1. The van der Waals surface area contributed by atoms with E-state index in [-0.39, 0.29) is 5.88 Å². The van der Waals surface area contributed by atoms with Crippen LogP contribution in [-0.4, -0.2) is 54.3 Å². The SMILES string of the molecule is C=CCCCOc1ccc(/C=C/c2cc(OC)cc(OC)c2-c2cnnn2C(=O)NCCCl)cc1. The second kappa shape index (κ2) is 13.2. The Kier molecular flexibility index (Phi) is 9.74. The van der Waals surface area contributed by atoms with Gasteiger partial charge < -0.3 is 19.5 Å². The van der Waals surface area contributed by atoms with Gasteiger partial charge in [-0.1, -0.05) is 35.6 Å². The third-order valence-corrected chi connectivity index (χ3v) is 5.28. The Balaban J connectivity index is 1.93. The summed E-state index contributed by atoms with van der Waals surface area (Å²) in [4.78, 5) is 12.6. The average Bonchev–Trinajstić information content (AvgIpc) is 3.38. The molecule has 0 atom stereocenters. The summed E-state index contributed by atoms with van der Waals surface area (Å²) in [6.45, 7) is 4.67. The average molecular weight is 497 g/mol. The fourth-order valence-corrected chi connectivity index (χ4v) is 3.45. The standard InChI is InChI=1S/C26H29ClN4O4/c1-4-5-6-15-35-21-11-8-19(9-12-21)7-10-20-16-22(33-2)17-24(34-3)25(20)23-18-29-30-31(23)26(32)28-14-13-27/h4,7-12,16-18H,1,5-6,13-15H2,2-3H3,(H,28,32)/b10-7+. The van der Waals surface area contributed by atoms with Crippen molar-refractivity contribution in [2.24, 2.45) is 0 Å². The van der Waals surface area contributed by atoms with Gasteiger partial charge in [-0.2, -0.15) is 4.68 Å². The highest BCUT2D eigenvalue weighted by Gasteiger charge is 2.20. The number of ether oxygens (including phenoxy) is 3. The molecule has 2 aromatic carbocycles. The van der Waals surface area contributed by atoms with E-state index in [9.17, 15) is 4.79 Å². The lowest BCUT2D eigenvalue weighted by molar-refractivity contribution is 0.240. The summed E-state index contributed by atoms with van der Waals surface area (Å²) in [7, 11) is 3.14. The Morgan fingerprint density at radius 3 is 2.63 bits per heavy atom. The van der Waals surface area contributed by atoms with Crippen LogP contribution in [0.15, 0.2) is 55.3 Å². The van der Waals surface area contributed by atoms with Crippen molar-refractivity contribution in [3.63, 3.8) is 0 Å². The molecule has 0 saturated heterocycles. The van der Waals surface area contributed by atoms with Crippen molar-refractivity contribution in [2.75, 3.05) is 33.3 Å². The number of unbranched alkanes of at least 4 members (excludes halogenated alkanes) is 1. The summed E-state index contributed by atoms with van der Waals surface area (Å²) in [6, 6.07) is 11.0. The molecule has 1 amide bonds. The number of carbonyl (C=O) groups is 1. The molecule has 1 heterocycles. The number of allylic oxidation sites excluding steroid dienone is 1. The second-order valence-electron chi connectivity index (χ2n) is 7.43. The number of carbonyl (C=O) groups excluding carboxylic acids is 1. The Hall–Kier alpha value is -3.78. The lowest BCUT2D eigenvalue weighted by Crippen LogP contribution is -2.31. The summed E-state index contributed by atoms with van der Waals surface area (Å²) >= 11 is 5.70. The monoisotopic (exact) mass is 496 g/mol. The quantitative estimate of drug-likeness (QED) is 0.159. The first-order valence-corrected chi connectivity index (χ1v) is 11.7. The molecule has 1 N–H and O–H groups in total. The number of aromatic nitrogens is 3. The van der Waals surface area contributed by atoms with Gasteiger partial charge in [0.1, 0.15) is 22.9 Å². The zero-order chi connectivity index (χ0) is 25.0. The topological polar surface area (TPSA) is 87.5 Å². The van der Waals surface area contributed by atoms with E-state index in [0.29, 0.717) is 35.9 Å². The van der Waals surface area contributed by atoms with E-state index < -0.39 is 6.03 Å². The van der Waals surface area contributed by atoms with E-state index in [1.807, 2.05) is 48.6 Å². The van der Waals surface area contributed by atoms with Gasteiger partial charge in [0.15, 0.2) is 0 Å². The first kappa shape index (κ1) is 25.8. The zero-order valence-electron chi connectivity index (χ0n) is 19.9. The molecule has 0 saturated carbocycles. The van der Waals surface area contributed by atoms with Crippen molar-refractivity contribution in [1.29, 1.82) is 0 Å². The van der Waals surface area contributed by atoms with Crippen LogP contribution in [0.3, 0.4) is 0 Å². The molecular formula is C26H29ClN4O4. The van der Waals surface area contributed by atoms with Crippen molar-refractivity contribution >= 4 is 29.8 Å². The van der Waals surface area contributed by atoms with Crippen LogP contribution in [0.4, 0.5) is 4.79 Å². The maximum Gasteiger partial charge on any atom is 0.344 e. The van der Waals surface area contributed by atoms with E-state index in [1.165, 1.54) is 10.9 Å². The largest absolute Gasteiger partial charge is 0.497 e. The number of benzene rings is 2. The number of hydrogen-bond acceptors (Lipinski definition) is 6. The van der Waals surface area contributed by atoms with Crippen LogP contribution in [0, 0.1) is 0 Å². The number of nitrogens with one attached hydrogen (secondary N) is 1. The number of nitrogens with zero attached hydrogens (tertiary/aromatic N) is 3. The van der Waals surface area contributed by atoms with E-state index in [4.69, 9.17) is 25.8 Å². The predicted octanol–water partition coefficient (Wildman–Crippen LogP) is 5.27.